The highest BCUT2D eigenvalue weighted by atomic mass is 35.5. The average molecular weight is 286 g/mol. The summed E-state index contributed by atoms with van der Waals surface area (Å²) < 4.78 is 0.678. The Morgan fingerprint density at radius 2 is 2.00 bits per heavy atom. The zero-order valence-corrected chi connectivity index (χ0v) is 11.1. The number of hydrogen-bond acceptors (Lipinski definition) is 3. The van der Waals surface area contributed by atoms with E-state index in [1.165, 1.54) is 11.3 Å². The molecule has 0 amide bonds. The van der Waals surface area contributed by atoms with Crippen LogP contribution in [0.5, 0.6) is 0 Å². The zero-order valence-electron chi connectivity index (χ0n) is 8.74. The SMILES string of the molecule is Nc1cc(Cl)ccc1C(=O)Cc1ccc(Cl)s1. The standard InChI is InChI=1S/C12H9Cl2NOS/c13-7-1-3-9(10(15)5-7)11(16)6-8-2-4-12(14)17-8/h1-5H,6,15H2. The summed E-state index contributed by atoms with van der Waals surface area (Å²) in [6.07, 6.45) is 0.309. The van der Waals surface area contributed by atoms with Crippen LogP contribution < -0.4 is 5.73 Å². The summed E-state index contributed by atoms with van der Waals surface area (Å²) in [5.74, 6) is -0.0299. The van der Waals surface area contributed by atoms with Gasteiger partial charge in [0.2, 0.25) is 0 Å². The van der Waals surface area contributed by atoms with Gasteiger partial charge in [-0.1, -0.05) is 23.2 Å². The fourth-order valence-electron chi connectivity index (χ4n) is 1.49. The maximum Gasteiger partial charge on any atom is 0.170 e. The van der Waals surface area contributed by atoms with Crippen molar-refractivity contribution in [3.63, 3.8) is 0 Å². The average Bonchev–Trinajstić information content (AvgIpc) is 2.63. The van der Waals surface area contributed by atoms with Gasteiger partial charge in [-0.15, -0.1) is 11.3 Å². The second kappa shape index (κ2) is 5.08. The third kappa shape index (κ3) is 3.00. The van der Waals surface area contributed by atoms with Crippen LogP contribution in [0.4, 0.5) is 5.69 Å². The van der Waals surface area contributed by atoms with E-state index >= 15 is 0 Å². The number of anilines is 1. The molecule has 0 bridgehead atoms. The van der Waals surface area contributed by atoms with Gasteiger partial charge in [-0.05, 0) is 30.3 Å². The Morgan fingerprint density at radius 3 is 2.59 bits per heavy atom. The Bertz CT molecular complexity index is 565. The Kier molecular flexibility index (Phi) is 3.72. The molecule has 17 heavy (non-hydrogen) atoms. The minimum atomic E-state index is -0.0299. The Labute approximate surface area is 113 Å². The van der Waals surface area contributed by atoms with Crippen molar-refractivity contribution in [1.82, 2.24) is 0 Å². The van der Waals surface area contributed by atoms with Gasteiger partial charge < -0.3 is 5.73 Å². The number of carbonyl (C=O) groups is 1. The molecule has 0 atom stereocenters. The highest BCUT2D eigenvalue weighted by Crippen LogP contribution is 2.24. The Morgan fingerprint density at radius 1 is 1.24 bits per heavy atom. The third-order valence-electron chi connectivity index (χ3n) is 2.28. The monoisotopic (exact) mass is 285 g/mol. The molecule has 0 saturated carbocycles. The molecular weight excluding hydrogens is 277 g/mol. The number of halogens is 2. The molecule has 2 rings (SSSR count). The third-order valence-corrected chi connectivity index (χ3v) is 3.74. The van der Waals surface area contributed by atoms with E-state index in [9.17, 15) is 4.79 Å². The van der Waals surface area contributed by atoms with Crippen molar-refractivity contribution in [2.24, 2.45) is 0 Å². The molecule has 0 unspecified atom stereocenters. The van der Waals surface area contributed by atoms with Gasteiger partial charge in [0, 0.05) is 27.6 Å². The summed E-state index contributed by atoms with van der Waals surface area (Å²) in [7, 11) is 0. The molecule has 2 aromatic rings. The minimum absolute atomic E-state index is 0.0299. The second-order valence-electron chi connectivity index (χ2n) is 3.54. The van der Waals surface area contributed by atoms with Crippen LogP contribution >= 0.6 is 34.5 Å². The minimum Gasteiger partial charge on any atom is -0.398 e. The lowest BCUT2D eigenvalue weighted by Crippen LogP contribution is -2.05. The zero-order chi connectivity index (χ0) is 12.4. The Balaban J connectivity index is 2.20. The molecule has 1 aromatic heterocycles. The number of benzene rings is 1. The van der Waals surface area contributed by atoms with Crippen molar-refractivity contribution in [3.8, 4) is 0 Å². The molecule has 0 saturated heterocycles. The molecule has 1 heterocycles. The molecule has 1 aromatic carbocycles. The van der Waals surface area contributed by atoms with Crippen molar-refractivity contribution < 1.29 is 4.79 Å². The predicted molar refractivity (Wildman–Crippen MR) is 73.2 cm³/mol. The molecule has 0 spiro atoms. The first-order valence-electron chi connectivity index (χ1n) is 4.88. The van der Waals surface area contributed by atoms with E-state index in [-0.39, 0.29) is 5.78 Å². The number of thiophene rings is 1. The molecule has 0 radical (unpaired) electrons. The van der Waals surface area contributed by atoms with E-state index in [4.69, 9.17) is 28.9 Å². The molecule has 0 aliphatic rings. The number of hydrogen-bond donors (Lipinski definition) is 1. The first-order valence-corrected chi connectivity index (χ1v) is 6.46. The van der Waals surface area contributed by atoms with Crippen LogP contribution in [0, 0.1) is 0 Å². The number of nitrogen functional groups attached to an aromatic ring is 1. The van der Waals surface area contributed by atoms with Gasteiger partial charge in [-0.2, -0.15) is 0 Å². The first kappa shape index (κ1) is 12.4. The summed E-state index contributed by atoms with van der Waals surface area (Å²) in [5, 5.41) is 0.526. The Hall–Kier alpha value is -1.03. The largest absolute Gasteiger partial charge is 0.398 e. The summed E-state index contributed by atoms with van der Waals surface area (Å²) in [5.41, 5.74) is 6.66. The number of carbonyl (C=O) groups excluding carboxylic acids is 1. The number of ketones is 1. The van der Waals surface area contributed by atoms with Crippen LogP contribution in [0.2, 0.25) is 9.36 Å². The van der Waals surface area contributed by atoms with Crippen LogP contribution in [0.15, 0.2) is 30.3 Å². The van der Waals surface area contributed by atoms with Gasteiger partial charge in [0.15, 0.2) is 5.78 Å². The molecule has 0 aliphatic carbocycles. The molecule has 88 valence electrons. The van der Waals surface area contributed by atoms with Crippen LogP contribution in [0.3, 0.4) is 0 Å². The maximum absolute atomic E-state index is 12.0. The fourth-order valence-corrected chi connectivity index (χ4v) is 2.75. The molecule has 0 aliphatic heterocycles. The number of rotatable bonds is 3. The van der Waals surface area contributed by atoms with Crippen molar-refractivity contribution in [1.29, 1.82) is 0 Å². The van der Waals surface area contributed by atoms with Gasteiger partial charge in [0.1, 0.15) is 0 Å². The quantitative estimate of drug-likeness (QED) is 0.683. The number of Topliss-reactive ketones (excluding diaryl/α,β-unsaturated/α-hetero) is 1. The van der Waals surface area contributed by atoms with Gasteiger partial charge in [-0.25, -0.2) is 0 Å². The maximum atomic E-state index is 12.0. The summed E-state index contributed by atoms with van der Waals surface area (Å²) >= 11 is 13.0. The second-order valence-corrected chi connectivity index (χ2v) is 5.77. The summed E-state index contributed by atoms with van der Waals surface area (Å²) in [4.78, 5) is 12.9. The molecule has 5 heteroatoms. The molecule has 2 N–H and O–H groups in total. The molecular formula is C12H9Cl2NOS. The van der Waals surface area contributed by atoms with Gasteiger partial charge >= 0.3 is 0 Å². The van der Waals surface area contributed by atoms with E-state index in [0.29, 0.717) is 27.0 Å². The van der Waals surface area contributed by atoms with Crippen LogP contribution in [0.1, 0.15) is 15.2 Å². The van der Waals surface area contributed by atoms with Crippen molar-refractivity contribution in [2.45, 2.75) is 6.42 Å². The lowest BCUT2D eigenvalue weighted by Gasteiger charge is -2.04. The normalized spacial score (nSPS) is 10.5. The summed E-state index contributed by atoms with van der Waals surface area (Å²) in [6.45, 7) is 0. The van der Waals surface area contributed by atoms with Crippen molar-refractivity contribution in [3.05, 3.63) is 50.1 Å². The van der Waals surface area contributed by atoms with Crippen molar-refractivity contribution >= 4 is 46.0 Å². The van der Waals surface area contributed by atoms with E-state index in [2.05, 4.69) is 0 Å². The van der Waals surface area contributed by atoms with Crippen LogP contribution in [-0.2, 0) is 6.42 Å². The van der Waals surface area contributed by atoms with E-state index in [1.807, 2.05) is 6.07 Å². The smallest absolute Gasteiger partial charge is 0.170 e. The highest BCUT2D eigenvalue weighted by Gasteiger charge is 2.12. The van der Waals surface area contributed by atoms with Gasteiger partial charge in [0.05, 0.1) is 4.34 Å². The molecule has 2 nitrogen and oxygen atoms in total. The summed E-state index contributed by atoms with van der Waals surface area (Å²) in [6, 6.07) is 8.51. The highest BCUT2D eigenvalue weighted by molar-refractivity contribution is 7.16. The molecule has 0 fully saturated rings. The van der Waals surface area contributed by atoms with Crippen LogP contribution in [-0.4, -0.2) is 5.78 Å². The fraction of sp³-hybridized carbons (Fsp3) is 0.0833. The van der Waals surface area contributed by atoms with Gasteiger partial charge in [0.25, 0.3) is 0 Å². The van der Waals surface area contributed by atoms with E-state index in [1.54, 1.807) is 24.3 Å². The van der Waals surface area contributed by atoms with E-state index in [0.717, 1.165) is 4.88 Å². The van der Waals surface area contributed by atoms with Crippen LogP contribution in [0.25, 0.3) is 0 Å². The topological polar surface area (TPSA) is 43.1 Å². The van der Waals surface area contributed by atoms with E-state index < -0.39 is 0 Å². The number of nitrogens with two attached hydrogens (primary N) is 1. The van der Waals surface area contributed by atoms with Gasteiger partial charge in [-0.3, -0.25) is 4.79 Å². The lowest BCUT2D eigenvalue weighted by molar-refractivity contribution is 0.0994. The van der Waals surface area contributed by atoms with Crippen molar-refractivity contribution in [2.75, 3.05) is 5.73 Å². The lowest BCUT2D eigenvalue weighted by atomic mass is 10.1. The predicted octanol–water partition coefficient (Wildman–Crippen LogP) is 4.06. The first-order chi connectivity index (χ1) is 8.06.